The smallest absolute Gasteiger partial charge is 0.378 e. The Hall–Kier alpha value is -3.57. The van der Waals surface area contributed by atoms with E-state index in [0.717, 1.165) is 23.0 Å². The van der Waals surface area contributed by atoms with Gasteiger partial charge < -0.3 is 14.2 Å². The summed E-state index contributed by atoms with van der Waals surface area (Å²) >= 11 is 0. The van der Waals surface area contributed by atoms with Crippen molar-refractivity contribution in [2.45, 2.75) is 19.6 Å². The van der Waals surface area contributed by atoms with Crippen molar-refractivity contribution in [2.75, 3.05) is 26.3 Å². The summed E-state index contributed by atoms with van der Waals surface area (Å²) in [6.45, 7) is 3.57. The molecule has 2 aromatic carbocycles. The van der Waals surface area contributed by atoms with Gasteiger partial charge in [-0.15, -0.1) is 0 Å². The van der Waals surface area contributed by atoms with Crippen LogP contribution in [0.3, 0.4) is 0 Å². The topological polar surface area (TPSA) is 58.3 Å². The predicted molar refractivity (Wildman–Crippen MR) is 118 cm³/mol. The highest BCUT2D eigenvalue weighted by molar-refractivity contribution is 6.04. The standard InChI is InChI=1S/C25H22F3N3O2/c1-17-10-18(12-21(11-17)25(26,27)28)15-31-16-20(22-4-2-3-5-23(22)31)13-19(14-29)24(32)30-6-8-33-9-7-30/h2-5,10-13,16H,6-9,15H2,1H3/b19-13+. The van der Waals surface area contributed by atoms with E-state index in [4.69, 9.17) is 4.74 Å². The van der Waals surface area contributed by atoms with Gasteiger partial charge in [0.15, 0.2) is 0 Å². The molecule has 1 aromatic heterocycles. The summed E-state index contributed by atoms with van der Waals surface area (Å²) < 4.78 is 46.9. The number of hydrogen-bond acceptors (Lipinski definition) is 3. The zero-order chi connectivity index (χ0) is 23.6. The third kappa shape index (κ3) is 4.94. The minimum atomic E-state index is -4.42. The molecule has 0 N–H and O–H groups in total. The number of aryl methyl sites for hydroxylation is 1. The summed E-state index contributed by atoms with van der Waals surface area (Å²) in [6, 6.07) is 13.4. The number of nitrogens with zero attached hydrogens (tertiary/aromatic N) is 3. The Balaban J connectivity index is 1.72. The van der Waals surface area contributed by atoms with Gasteiger partial charge in [-0.25, -0.2) is 0 Å². The van der Waals surface area contributed by atoms with Gasteiger partial charge in [0.2, 0.25) is 0 Å². The van der Waals surface area contributed by atoms with Gasteiger partial charge in [0.1, 0.15) is 11.6 Å². The highest BCUT2D eigenvalue weighted by atomic mass is 19.4. The molecule has 1 amide bonds. The molecule has 1 saturated heterocycles. The van der Waals surface area contributed by atoms with Crippen LogP contribution < -0.4 is 0 Å². The van der Waals surface area contributed by atoms with E-state index >= 15 is 0 Å². The molecule has 3 aromatic rings. The van der Waals surface area contributed by atoms with E-state index in [9.17, 15) is 23.2 Å². The molecule has 0 radical (unpaired) electrons. The molecule has 0 aliphatic carbocycles. The van der Waals surface area contributed by atoms with Crippen molar-refractivity contribution >= 4 is 22.9 Å². The van der Waals surface area contributed by atoms with Crippen molar-refractivity contribution in [3.8, 4) is 6.07 Å². The lowest BCUT2D eigenvalue weighted by Crippen LogP contribution is -2.41. The van der Waals surface area contributed by atoms with Gasteiger partial charge in [-0.1, -0.05) is 29.8 Å². The highest BCUT2D eigenvalue weighted by Crippen LogP contribution is 2.31. The van der Waals surface area contributed by atoms with Gasteiger partial charge >= 0.3 is 6.18 Å². The van der Waals surface area contributed by atoms with Crippen LogP contribution in [0.5, 0.6) is 0 Å². The number of carbonyl (C=O) groups excluding carboxylic acids is 1. The number of nitriles is 1. The summed E-state index contributed by atoms with van der Waals surface area (Å²) in [5.74, 6) is -0.355. The van der Waals surface area contributed by atoms with E-state index in [2.05, 4.69) is 0 Å². The van der Waals surface area contributed by atoms with E-state index in [-0.39, 0.29) is 18.0 Å². The van der Waals surface area contributed by atoms with Gasteiger partial charge in [-0.05, 0) is 36.8 Å². The molecule has 0 atom stereocenters. The number of para-hydroxylation sites is 1. The maximum absolute atomic E-state index is 13.3. The number of morpholine rings is 1. The van der Waals surface area contributed by atoms with Crippen LogP contribution in [0.25, 0.3) is 17.0 Å². The van der Waals surface area contributed by atoms with E-state index in [1.54, 1.807) is 30.2 Å². The van der Waals surface area contributed by atoms with Crippen LogP contribution in [-0.2, 0) is 22.3 Å². The van der Waals surface area contributed by atoms with Crippen molar-refractivity contribution in [3.63, 3.8) is 0 Å². The first-order valence-electron chi connectivity index (χ1n) is 10.5. The minimum absolute atomic E-state index is 0.00900. The summed E-state index contributed by atoms with van der Waals surface area (Å²) in [6.07, 6.45) is -1.10. The monoisotopic (exact) mass is 453 g/mol. The number of hydrogen-bond donors (Lipinski definition) is 0. The van der Waals surface area contributed by atoms with E-state index < -0.39 is 11.7 Å². The minimum Gasteiger partial charge on any atom is -0.378 e. The summed E-state index contributed by atoms with van der Waals surface area (Å²) in [7, 11) is 0. The fourth-order valence-corrected chi connectivity index (χ4v) is 4.07. The Bertz CT molecular complexity index is 1260. The molecule has 1 aliphatic heterocycles. The maximum Gasteiger partial charge on any atom is 0.416 e. The number of carbonyl (C=O) groups is 1. The molecule has 4 rings (SSSR count). The third-order valence-electron chi connectivity index (χ3n) is 5.59. The lowest BCUT2D eigenvalue weighted by atomic mass is 10.1. The number of amides is 1. The zero-order valence-corrected chi connectivity index (χ0v) is 18.0. The Kier molecular flexibility index (Phi) is 6.25. The largest absolute Gasteiger partial charge is 0.416 e. The summed E-state index contributed by atoms with van der Waals surface area (Å²) in [4.78, 5) is 14.4. The van der Waals surface area contributed by atoms with Crippen LogP contribution >= 0.6 is 0 Å². The molecule has 8 heteroatoms. The van der Waals surface area contributed by atoms with Crippen LogP contribution in [-0.4, -0.2) is 41.7 Å². The van der Waals surface area contributed by atoms with Crippen LogP contribution in [0.4, 0.5) is 13.2 Å². The fraction of sp³-hybridized carbons (Fsp3) is 0.280. The molecule has 5 nitrogen and oxygen atoms in total. The average molecular weight is 453 g/mol. The van der Waals surface area contributed by atoms with E-state index in [1.807, 2.05) is 34.9 Å². The lowest BCUT2D eigenvalue weighted by molar-refractivity contribution is -0.137. The molecule has 0 unspecified atom stereocenters. The van der Waals surface area contributed by atoms with Gasteiger partial charge in [0, 0.05) is 42.3 Å². The van der Waals surface area contributed by atoms with E-state index in [1.165, 1.54) is 0 Å². The Morgan fingerprint density at radius 3 is 2.61 bits per heavy atom. The van der Waals surface area contributed by atoms with E-state index in [0.29, 0.717) is 43.0 Å². The first-order valence-corrected chi connectivity index (χ1v) is 10.5. The number of rotatable bonds is 4. The highest BCUT2D eigenvalue weighted by Gasteiger charge is 2.31. The first-order chi connectivity index (χ1) is 15.8. The number of alkyl halides is 3. The molecule has 2 heterocycles. The second-order valence-corrected chi connectivity index (χ2v) is 8.01. The van der Waals surface area contributed by atoms with Crippen molar-refractivity contribution in [2.24, 2.45) is 0 Å². The normalized spacial score (nSPS) is 15.0. The molecule has 170 valence electrons. The average Bonchev–Trinajstić information content (AvgIpc) is 3.14. The summed E-state index contributed by atoms with van der Waals surface area (Å²) in [5, 5.41) is 10.4. The molecule has 0 spiro atoms. The van der Waals surface area contributed by atoms with Crippen LogP contribution in [0.1, 0.15) is 22.3 Å². The predicted octanol–water partition coefficient (Wildman–Crippen LogP) is 4.78. The van der Waals surface area contributed by atoms with Gasteiger partial charge in [-0.2, -0.15) is 18.4 Å². The maximum atomic E-state index is 13.3. The Morgan fingerprint density at radius 1 is 1.18 bits per heavy atom. The quantitative estimate of drug-likeness (QED) is 0.422. The van der Waals surface area contributed by atoms with Crippen molar-refractivity contribution < 1.29 is 22.7 Å². The molecule has 0 saturated carbocycles. The lowest BCUT2D eigenvalue weighted by Gasteiger charge is -2.26. The summed E-state index contributed by atoms with van der Waals surface area (Å²) in [5.41, 5.74) is 1.83. The second kappa shape index (κ2) is 9.12. The Labute approximate surface area is 189 Å². The molecule has 33 heavy (non-hydrogen) atoms. The third-order valence-corrected chi connectivity index (χ3v) is 5.59. The number of aromatic nitrogens is 1. The fourth-order valence-electron chi connectivity index (χ4n) is 4.07. The van der Waals surface area contributed by atoms with Gasteiger partial charge in [0.05, 0.1) is 18.8 Å². The Morgan fingerprint density at radius 2 is 1.91 bits per heavy atom. The SMILES string of the molecule is Cc1cc(Cn2cc(/C=C(\C#N)C(=O)N3CCOCC3)c3ccccc32)cc(C(F)(F)F)c1. The van der Waals surface area contributed by atoms with Gasteiger partial charge in [0.25, 0.3) is 5.91 Å². The van der Waals surface area contributed by atoms with Crippen molar-refractivity contribution in [1.82, 2.24) is 9.47 Å². The first kappa shape index (κ1) is 22.6. The van der Waals surface area contributed by atoms with Crippen molar-refractivity contribution in [1.29, 1.82) is 5.26 Å². The number of ether oxygens (including phenoxy) is 1. The molecule has 1 aliphatic rings. The zero-order valence-electron chi connectivity index (χ0n) is 18.0. The second-order valence-electron chi connectivity index (χ2n) is 8.01. The number of fused-ring (bicyclic) bond motifs is 1. The molecular formula is C25H22F3N3O2. The number of benzene rings is 2. The van der Waals surface area contributed by atoms with Crippen LogP contribution in [0.2, 0.25) is 0 Å². The van der Waals surface area contributed by atoms with Crippen LogP contribution in [0, 0.1) is 18.3 Å². The van der Waals surface area contributed by atoms with Crippen molar-refractivity contribution in [3.05, 3.63) is 76.5 Å². The van der Waals surface area contributed by atoms with Crippen LogP contribution in [0.15, 0.2) is 54.2 Å². The molecular weight excluding hydrogens is 431 g/mol. The van der Waals surface area contributed by atoms with Gasteiger partial charge in [-0.3, -0.25) is 4.79 Å². The number of halogens is 3. The molecule has 1 fully saturated rings. The molecule has 0 bridgehead atoms.